The molecule has 6 heteroatoms. The molecule has 0 saturated heterocycles. The average Bonchev–Trinajstić information content (AvgIpc) is 2.62. The summed E-state index contributed by atoms with van der Waals surface area (Å²) in [6.07, 6.45) is 5.25. The number of carbonyl (C=O) groups is 2. The number of methoxy groups -OCH3 is 1. The van der Waals surface area contributed by atoms with Gasteiger partial charge in [-0.2, -0.15) is 0 Å². The number of benzene rings is 1. The van der Waals surface area contributed by atoms with E-state index >= 15 is 0 Å². The van der Waals surface area contributed by atoms with Crippen LogP contribution in [-0.4, -0.2) is 31.6 Å². The van der Waals surface area contributed by atoms with E-state index < -0.39 is 5.92 Å². The van der Waals surface area contributed by atoms with Crippen molar-refractivity contribution in [1.29, 1.82) is 0 Å². The maximum atomic E-state index is 12.7. The van der Waals surface area contributed by atoms with Gasteiger partial charge in [0, 0.05) is 18.5 Å². The van der Waals surface area contributed by atoms with Crippen molar-refractivity contribution in [3.63, 3.8) is 0 Å². The number of nitrogens with two attached hydrogens (primary N) is 1. The van der Waals surface area contributed by atoms with E-state index in [1.807, 2.05) is 30.3 Å². The van der Waals surface area contributed by atoms with Crippen LogP contribution in [0.15, 0.2) is 30.3 Å². The zero-order chi connectivity index (χ0) is 17.8. The van der Waals surface area contributed by atoms with Crippen LogP contribution in [0.3, 0.4) is 0 Å². The van der Waals surface area contributed by atoms with Crippen LogP contribution < -0.4 is 11.1 Å². The molecule has 144 valence electrons. The second-order valence-electron chi connectivity index (χ2n) is 7.43. The minimum Gasteiger partial charge on any atom is -0.468 e. The zero-order valence-electron chi connectivity index (χ0n) is 15.2. The number of esters is 1. The third kappa shape index (κ3) is 4.57. The summed E-state index contributed by atoms with van der Waals surface area (Å²) in [5.41, 5.74) is 7.17. The molecule has 26 heavy (non-hydrogen) atoms. The van der Waals surface area contributed by atoms with E-state index in [-0.39, 0.29) is 42.8 Å². The summed E-state index contributed by atoms with van der Waals surface area (Å²) >= 11 is 0. The monoisotopic (exact) mass is 380 g/mol. The molecular formula is C20H29ClN2O3. The van der Waals surface area contributed by atoms with Crippen LogP contribution in [0.1, 0.15) is 43.6 Å². The standard InChI is InChI=1S/C20H28N2O3.ClH/c1-25-20(24)17(13-6-3-2-4-7-13)12-22-19(23)16-10-14-8-5-9-15(11-16)18(14)21;/h2-4,6-7,14-18H,5,8-12,21H2,1H3,(H,22,23);1H. The summed E-state index contributed by atoms with van der Waals surface area (Å²) in [5.74, 6) is 0.204. The normalized spacial score (nSPS) is 28.4. The summed E-state index contributed by atoms with van der Waals surface area (Å²) in [7, 11) is 1.38. The number of hydrogen-bond acceptors (Lipinski definition) is 4. The summed E-state index contributed by atoms with van der Waals surface area (Å²) < 4.78 is 4.91. The third-order valence-corrected chi connectivity index (χ3v) is 5.95. The van der Waals surface area contributed by atoms with Crippen molar-refractivity contribution in [2.45, 2.75) is 44.1 Å². The van der Waals surface area contributed by atoms with Crippen molar-refractivity contribution in [1.82, 2.24) is 5.32 Å². The van der Waals surface area contributed by atoms with Gasteiger partial charge in [0.25, 0.3) is 0 Å². The Morgan fingerprint density at radius 1 is 1.19 bits per heavy atom. The number of rotatable bonds is 5. The molecule has 0 radical (unpaired) electrons. The highest BCUT2D eigenvalue weighted by atomic mass is 35.5. The number of ether oxygens (including phenoxy) is 1. The van der Waals surface area contributed by atoms with Crippen LogP contribution in [0.4, 0.5) is 0 Å². The Kier molecular flexibility index (Phi) is 7.47. The van der Waals surface area contributed by atoms with Gasteiger partial charge >= 0.3 is 5.97 Å². The molecule has 5 nitrogen and oxygen atoms in total. The maximum absolute atomic E-state index is 12.7. The Bertz CT molecular complexity index is 596. The van der Waals surface area contributed by atoms with Crippen molar-refractivity contribution in [3.8, 4) is 0 Å². The molecule has 1 aromatic carbocycles. The number of carbonyl (C=O) groups excluding carboxylic acids is 2. The molecule has 1 amide bonds. The predicted molar refractivity (Wildman–Crippen MR) is 103 cm³/mol. The molecule has 3 unspecified atom stereocenters. The molecule has 0 heterocycles. The molecule has 2 fully saturated rings. The van der Waals surface area contributed by atoms with Crippen LogP contribution in [-0.2, 0) is 14.3 Å². The van der Waals surface area contributed by atoms with Gasteiger partial charge in [-0.3, -0.25) is 9.59 Å². The lowest BCUT2D eigenvalue weighted by Crippen LogP contribution is -2.49. The Labute approximate surface area is 161 Å². The number of fused-ring (bicyclic) bond motifs is 2. The van der Waals surface area contributed by atoms with Crippen molar-refractivity contribution in [3.05, 3.63) is 35.9 Å². The minimum absolute atomic E-state index is 0. The molecule has 1 aromatic rings. The van der Waals surface area contributed by atoms with E-state index in [2.05, 4.69) is 5.32 Å². The van der Waals surface area contributed by atoms with Crippen molar-refractivity contribution < 1.29 is 14.3 Å². The third-order valence-electron chi connectivity index (χ3n) is 5.95. The first kappa shape index (κ1) is 20.7. The van der Waals surface area contributed by atoms with Crippen molar-refractivity contribution >= 4 is 24.3 Å². The molecule has 2 saturated carbocycles. The topological polar surface area (TPSA) is 81.4 Å². The van der Waals surface area contributed by atoms with Gasteiger partial charge in [0.2, 0.25) is 5.91 Å². The first-order valence-electron chi connectivity index (χ1n) is 9.26. The van der Waals surface area contributed by atoms with Crippen molar-refractivity contribution in [2.75, 3.05) is 13.7 Å². The molecule has 3 atom stereocenters. The predicted octanol–water partition coefficient (Wildman–Crippen LogP) is 2.63. The Morgan fingerprint density at radius 2 is 1.81 bits per heavy atom. The van der Waals surface area contributed by atoms with E-state index in [1.54, 1.807) is 0 Å². The summed E-state index contributed by atoms with van der Waals surface area (Å²) in [6.45, 7) is 0.271. The Hall–Kier alpha value is -1.59. The van der Waals surface area contributed by atoms with Crippen LogP contribution in [0.25, 0.3) is 0 Å². The zero-order valence-corrected chi connectivity index (χ0v) is 16.0. The highest BCUT2D eigenvalue weighted by molar-refractivity contribution is 5.85. The van der Waals surface area contributed by atoms with Gasteiger partial charge in [0.05, 0.1) is 13.0 Å². The number of halogens is 1. The Balaban J connectivity index is 0.00000243. The molecular weight excluding hydrogens is 352 g/mol. The fraction of sp³-hybridized carbons (Fsp3) is 0.600. The minimum atomic E-state index is -0.472. The molecule has 2 aliphatic rings. The van der Waals surface area contributed by atoms with E-state index in [4.69, 9.17) is 10.5 Å². The van der Waals surface area contributed by atoms with Gasteiger partial charge < -0.3 is 15.8 Å². The quantitative estimate of drug-likeness (QED) is 0.769. The molecule has 0 spiro atoms. The number of amides is 1. The van der Waals surface area contributed by atoms with E-state index in [9.17, 15) is 9.59 Å². The van der Waals surface area contributed by atoms with Gasteiger partial charge in [-0.05, 0) is 43.1 Å². The lowest BCUT2D eigenvalue weighted by Gasteiger charge is -2.43. The number of nitrogens with one attached hydrogen (secondary N) is 1. The lowest BCUT2D eigenvalue weighted by atomic mass is 9.65. The van der Waals surface area contributed by atoms with Gasteiger partial charge in [-0.25, -0.2) is 0 Å². The fourth-order valence-electron chi connectivity index (χ4n) is 4.52. The van der Waals surface area contributed by atoms with E-state index in [0.29, 0.717) is 11.8 Å². The largest absolute Gasteiger partial charge is 0.468 e. The van der Waals surface area contributed by atoms with E-state index in [0.717, 1.165) is 31.2 Å². The number of hydrogen-bond donors (Lipinski definition) is 2. The fourth-order valence-corrected chi connectivity index (χ4v) is 4.52. The molecule has 0 aliphatic heterocycles. The SMILES string of the molecule is COC(=O)C(CNC(=O)C1CC2CCCC(C1)C2N)c1ccccc1.Cl. The second-order valence-corrected chi connectivity index (χ2v) is 7.43. The van der Waals surface area contributed by atoms with Crippen LogP contribution in [0.5, 0.6) is 0 Å². The summed E-state index contributed by atoms with van der Waals surface area (Å²) in [5, 5.41) is 2.99. The van der Waals surface area contributed by atoms with Gasteiger partial charge in [0.1, 0.15) is 0 Å². The second kappa shape index (κ2) is 9.38. The molecule has 0 aromatic heterocycles. The van der Waals surface area contributed by atoms with Gasteiger partial charge in [0.15, 0.2) is 0 Å². The van der Waals surface area contributed by atoms with Crippen LogP contribution in [0.2, 0.25) is 0 Å². The van der Waals surface area contributed by atoms with Crippen LogP contribution in [0, 0.1) is 17.8 Å². The highest BCUT2D eigenvalue weighted by Crippen LogP contribution is 2.41. The first-order valence-corrected chi connectivity index (χ1v) is 9.26. The van der Waals surface area contributed by atoms with E-state index in [1.165, 1.54) is 13.5 Å². The lowest BCUT2D eigenvalue weighted by molar-refractivity contribution is -0.142. The average molecular weight is 381 g/mol. The highest BCUT2D eigenvalue weighted by Gasteiger charge is 2.40. The molecule has 3 N–H and O–H groups in total. The summed E-state index contributed by atoms with van der Waals surface area (Å²) in [6, 6.07) is 9.70. The first-order chi connectivity index (χ1) is 12.1. The van der Waals surface area contributed by atoms with Crippen molar-refractivity contribution in [2.24, 2.45) is 23.5 Å². The molecule has 3 rings (SSSR count). The molecule has 2 aliphatic carbocycles. The summed E-state index contributed by atoms with van der Waals surface area (Å²) in [4.78, 5) is 24.8. The van der Waals surface area contributed by atoms with Gasteiger partial charge in [-0.15, -0.1) is 12.4 Å². The maximum Gasteiger partial charge on any atom is 0.314 e. The Morgan fingerprint density at radius 3 is 2.38 bits per heavy atom. The smallest absolute Gasteiger partial charge is 0.314 e. The van der Waals surface area contributed by atoms with Gasteiger partial charge in [-0.1, -0.05) is 36.8 Å². The molecule has 2 bridgehead atoms. The van der Waals surface area contributed by atoms with Crippen LogP contribution >= 0.6 is 12.4 Å².